The summed E-state index contributed by atoms with van der Waals surface area (Å²) >= 11 is 0. The number of amides is 1. The standard InChI is InChI=1S/C21H29N5O4/c1-5-25-20(22-23-24-25)26(19(27)18-12-11-14(2)13-15(18)3)16(4)29-21(28)30-17-9-7-6-8-10-17/h11-13,16-17H,5-10H2,1-4H3. The first-order valence-corrected chi connectivity index (χ1v) is 10.4. The van der Waals surface area contributed by atoms with E-state index in [0.29, 0.717) is 12.1 Å². The second-order valence-electron chi connectivity index (χ2n) is 7.63. The lowest BCUT2D eigenvalue weighted by Crippen LogP contribution is -2.44. The van der Waals surface area contributed by atoms with Crippen LogP contribution in [0, 0.1) is 13.8 Å². The molecule has 1 amide bonds. The Labute approximate surface area is 176 Å². The Hall–Kier alpha value is -2.97. The van der Waals surface area contributed by atoms with Gasteiger partial charge in [0.15, 0.2) is 6.23 Å². The summed E-state index contributed by atoms with van der Waals surface area (Å²) in [6, 6.07) is 5.55. The van der Waals surface area contributed by atoms with Crippen molar-refractivity contribution < 1.29 is 19.1 Å². The molecule has 9 heteroatoms. The SMILES string of the molecule is CCn1nnnc1N(C(=O)c1ccc(C)cc1C)C(C)OC(=O)OC1CCCCC1. The number of rotatable bonds is 6. The lowest BCUT2D eigenvalue weighted by Gasteiger charge is -2.28. The van der Waals surface area contributed by atoms with Gasteiger partial charge in [0.2, 0.25) is 0 Å². The topological polar surface area (TPSA) is 99.4 Å². The molecule has 1 atom stereocenters. The van der Waals surface area contributed by atoms with Gasteiger partial charge in [-0.1, -0.05) is 29.2 Å². The Morgan fingerprint density at radius 1 is 1.23 bits per heavy atom. The summed E-state index contributed by atoms with van der Waals surface area (Å²) in [6.07, 6.45) is 3.03. The van der Waals surface area contributed by atoms with Crippen LogP contribution in [0.15, 0.2) is 18.2 Å². The molecule has 1 aliphatic carbocycles. The summed E-state index contributed by atoms with van der Waals surface area (Å²) in [4.78, 5) is 27.1. The van der Waals surface area contributed by atoms with E-state index in [1.165, 1.54) is 9.58 Å². The number of aromatic nitrogens is 4. The number of carbonyl (C=O) groups is 2. The molecular weight excluding hydrogens is 386 g/mol. The molecule has 3 rings (SSSR count). The van der Waals surface area contributed by atoms with Gasteiger partial charge in [-0.2, -0.15) is 0 Å². The maximum Gasteiger partial charge on any atom is 0.510 e. The van der Waals surface area contributed by atoms with Gasteiger partial charge in [0.25, 0.3) is 11.9 Å². The van der Waals surface area contributed by atoms with Crippen molar-refractivity contribution in [3.05, 3.63) is 34.9 Å². The monoisotopic (exact) mass is 415 g/mol. The van der Waals surface area contributed by atoms with Crippen LogP contribution in [0.3, 0.4) is 0 Å². The van der Waals surface area contributed by atoms with E-state index in [2.05, 4.69) is 15.5 Å². The molecule has 1 aromatic heterocycles. The molecule has 1 aromatic carbocycles. The zero-order valence-electron chi connectivity index (χ0n) is 18.0. The van der Waals surface area contributed by atoms with Crippen molar-refractivity contribution in [3.63, 3.8) is 0 Å². The van der Waals surface area contributed by atoms with Gasteiger partial charge >= 0.3 is 6.16 Å². The fourth-order valence-electron chi connectivity index (χ4n) is 3.72. The van der Waals surface area contributed by atoms with Crippen LogP contribution in [0.2, 0.25) is 0 Å². The molecule has 2 aromatic rings. The van der Waals surface area contributed by atoms with Crippen molar-refractivity contribution >= 4 is 18.0 Å². The lowest BCUT2D eigenvalue weighted by atomic mass is 9.98. The van der Waals surface area contributed by atoms with Crippen LogP contribution in [0.4, 0.5) is 10.7 Å². The average Bonchev–Trinajstić information content (AvgIpc) is 3.16. The van der Waals surface area contributed by atoms with Gasteiger partial charge in [0.05, 0.1) is 0 Å². The Bertz CT molecular complexity index is 891. The number of carbonyl (C=O) groups excluding carboxylic acids is 2. The minimum atomic E-state index is -0.953. The van der Waals surface area contributed by atoms with Gasteiger partial charge in [0.1, 0.15) is 6.10 Å². The summed E-state index contributed by atoms with van der Waals surface area (Å²) in [6.45, 7) is 7.76. The van der Waals surface area contributed by atoms with Gasteiger partial charge < -0.3 is 9.47 Å². The third-order valence-electron chi connectivity index (χ3n) is 5.30. The first-order chi connectivity index (χ1) is 14.4. The highest BCUT2D eigenvalue weighted by Gasteiger charge is 2.32. The highest BCUT2D eigenvalue weighted by atomic mass is 16.7. The van der Waals surface area contributed by atoms with E-state index in [-0.39, 0.29) is 18.0 Å². The van der Waals surface area contributed by atoms with Crippen LogP contribution >= 0.6 is 0 Å². The Balaban J connectivity index is 1.83. The quantitative estimate of drug-likeness (QED) is 0.523. The van der Waals surface area contributed by atoms with Crippen molar-refractivity contribution in [3.8, 4) is 0 Å². The number of hydrogen-bond donors (Lipinski definition) is 0. The second-order valence-corrected chi connectivity index (χ2v) is 7.63. The maximum atomic E-state index is 13.4. The van der Waals surface area contributed by atoms with Crippen molar-refractivity contribution in [2.75, 3.05) is 4.90 Å². The number of anilines is 1. The Kier molecular flexibility index (Phi) is 7.02. The number of ether oxygens (including phenoxy) is 2. The number of hydrogen-bond acceptors (Lipinski definition) is 7. The first-order valence-electron chi connectivity index (χ1n) is 10.4. The smallest absolute Gasteiger partial charge is 0.431 e. The zero-order chi connectivity index (χ0) is 21.7. The number of aryl methyl sites for hydroxylation is 3. The molecule has 9 nitrogen and oxygen atoms in total. The number of tetrazole rings is 1. The summed E-state index contributed by atoms with van der Waals surface area (Å²) in [5.41, 5.74) is 2.36. The molecule has 0 saturated heterocycles. The van der Waals surface area contributed by atoms with E-state index in [1.54, 1.807) is 13.0 Å². The molecule has 1 heterocycles. The van der Waals surface area contributed by atoms with Crippen molar-refractivity contribution in [2.45, 2.75) is 78.7 Å². The summed E-state index contributed by atoms with van der Waals surface area (Å²) in [5, 5.41) is 11.6. The van der Waals surface area contributed by atoms with Gasteiger partial charge in [0, 0.05) is 12.1 Å². The minimum Gasteiger partial charge on any atom is -0.431 e. The molecule has 30 heavy (non-hydrogen) atoms. The van der Waals surface area contributed by atoms with Crippen LogP contribution in [0.1, 0.15) is 67.4 Å². The molecular formula is C21H29N5O4. The van der Waals surface area contributed by atoms with Crippen LogP contribution in [-0.2, 0) is 16.0 Å². The van der Waals surface area contributed by atoms with Crippen molar-refractivity contribution in [2.24, 2.45) is 0 Å². The van der Waals surface area contributed by atoms with Crippen LogP contribution < -0.4 is 4.90 Å². The minimum absolute atomic E-state index is 0.136. The molecule has 1 unspecified atom stereocenters. The molecule has 0 N–H and O–H groups in total. The van der Waals surface area contributed by atoms with Gasteiger partial charge in [-0.3, -0.25) is 4.79 Å². The first kappa shape index (κ1) is 21.7. The molecule has 0 bridgehead atoms. The molecule has 1 aliphatic rings. The van der Waals surface area contributed by atoms with Crippen LogP contribution in [-0.4, -0.2) is 44.6 Å². The molecule has 1 fully saturated rings. The fraction of sp³-hybridized carbons (Fsp3) is 0.571. The predicted octanol–water partition coefficient (Wildman–Crippen LogP) is 3.79. The van der Waals surface area contributed by atoms with E-state index >= 15 is 0 Å². The third kappa shape index (κ3) is 4.95. The Morgan fingerprint density at radius 3 is 2.63 bits per heavy atom. The highest BCUT2D eigenvalue weighted by molar-refractivity contribution is 6.06. The third-order valence-corrected chi connectivity index (χ3v) is 5.30. The van der Waals surface area contributed by atoms with Crippen molar-refractivity contribution in [1.82, 2.24) is 20.2 Å². The Morgan fingerprint density at radius 2 is 1.97 bits per heavy atom. The predicted molar refractivity (Wildman–Crippen MR) is 110 cm³/mol. The van der Waals surface area contributed by atoms with E-state index < -0.39 is 12.4 Å². The van der Waals surface area contributed by atoms with Crippen LogP contribution in [0.5, 0.6) is 0 Å². The largest absolute Gasteiger partial charge is 0.510 e. The molecule has 0 spiro atoms. The lowest BCUT2D eigenvalue weighted by molar-refractivity contribution is -0.00706. The zero-order valence-corrected chi connectivity index (χ0v) is 18.0. The van der Waals surface area contributed by atoms with E-state index in [4.69, 9.17) is 9.47 Å². The summed E-state index contributed by atoms with van der Waals surface area (Å²) in [5.74, 6) is -0.143. The fourth-order valence-corrected chi connectivity index (χ4v) is 3.72. The summed E-state index contributed by atoms with van der Waals surface area (Å²) < 4.78 is 12.4. The molecule has 0 radical (unpaired) electrons. The molecule has 162 valence electrons. The highest BCUT2D eigenvalue weighted by Crippen LogP contribution is 2.23. The van der Waals surface area contributed by atoms with Crippen LogP contribution in [0.25, 0.3) is 0 Å². The van der Waals surface area contributed by atoms with Crippen molar-refractivity contribution in [1.29, 1.82) is 0 Å². The van der Waals surface area contributed by atoms with Gasteiger partial charge in [-0.05, 0) is 75.4 Å². The maximum absolute atomic E-state index is 13.4. The second kappa shape index (κ2) is 9.69. The number of benzene rings is 1. The van der Waals surface area contributed by atoms with E-state index in [1.807, 2.05) is 32.9 Å². The molecule has 0 aliphatic heterocycles. The van der Waals surface area contributed by atoms with Gasteiger partial charge in [-0.15, -0.1) is 0 Å². The van der Waals surface area contributed by atoms with E-state index in [0.717, 1.165) is 43.2 Å². The normalized spacial score (nSPS) is 15.5. The molecule has 1 saturated carbocycles. The number of nitrogens with zero attached hydrogens (tertiary/aromatic N) is 5. The average molecular weight is 415 g/mol. The van der Waals surface area contributed by atoms with Gasteiger partial charge in [-0.25, -0.2) is 14.4 Å². The summed E-state index contributed by atoms with van der Waals surface area (Å²) in [7, 11) is 0. The van der Waals surface area contributed by atoms with E-state index in [9.17, 15) is 9.59 Å².